The van der Waals surface area contributed by atoms with Crippen molar-refractivity contribution < 1.29 is 9.53 Å². The zero-order chi connectivity index (χ0) is 14.9. The third-order valence-corrected chi connectivity index (χ3v) is 4.68. The fraction of sp³-hybridized carbons (Fsp3) is 0.750. The normalized spacial score (nSPS) is 23.6. The van der Waals surface area contributed by atoms with Gasteiger partial charge in [-0.25, -0.2) is 0 Å². The van der Waals surface area contributed by atoms with E-state index in [1.54, 1.807) is 25.0 Å². The Hall–Kier alpha value is -1.32. The number of aromatic nitrogens is 2. The highest BCUT2D eigenvalue weighted by Crippen LogP contribution is 2.41. The van der Waals surface area contributed by atoms with E-state index in [4.69, 9.17) is 4.74 Å². The second-order valence-electron chi connectivity index (χ2n) is 6.96. The molecule has 0 atom stereocenters. The molecule has 0 amide bonds. The first-order valence-electron chi connectivity index (χ1n) is 7.44. The van der Waals surface area contributed by atoms with Gasteiger partial charge in [-0.15, -0.1) is 0 Å². The van der Waals surface area contributed by atoms with Crippen LogP contribution in [0.3, 0.4) is 0 Å². The number of methoxy groups -OCH3 is 1. The van der Waals surface area contributed by atoms with Gasteiger partial charge >= 0.3 is 0 Å². The minimum absolute atomic E-state index is 0.123. The summed E-state index contributed by atoms with van der Waals surface area (Å²) in [6, 6.07) is 0. The van der Waals surface area contributed by atoms with E-state index in [0.29, 0.717) is 16.9 Å². The van der Waals surface area contributed by atoms with Crippen LogP contribution in [-0.2, 0) is 7.05 Å². The lowest BCUT2D eigenvalue weighted by molar-refractivity contribution is 0.0807. The van der Waals surface area contributed by atoms with E-state index in [2.05, 4.69) is 25.9 Å². The van der Waals surface area contributed by atoms with Crippen molar-refractivity contribution in [2.24, 2.45) is 24.3 Å². The second kappa shape index (κ2) is 5.58. The van der Waals surface area contributed by atoms with E-state index in [-0.39, 0.29) is 11.7 Å². The molecule has 0 N–H and O–H groups in total. The maximum absolute atomic E-state index is 12.7. The molecule has 0 saturated heterocycles. The molecule has 0 aliphatic heterocycles. The summed E-state index contributed by atoms with van der Waals surface area (Å²) in [5, 5.41) is 4.13. The molecule has 112 valence electrons. The van der Waals surface area contributed by atoms with Crippen molar-refractivity contribution in [1.82, 2.24) is 9.78 Å². The summed E-state index contributed by atoms with van der Waals surface area (Å²) >= 11 is 0. The molecule has 1 aromatic rings. The third kappa shape index (κ3) is 2.89. The quantitative estimate of drug-likeness (QED) is 0.795. The Morgan fingerprint density at radius 2 is 1.90 bits per heavy atom. The summed E-state index contributed by atoms with van der Waals surface area (Å²) < 4.78 is 6.89. The molecule has 1 aliphatic rings. The Kier molecular flexibility index (Phi) is 4.21. The molecule has 0 aromatic carbocycles. The molecular weight excluding hydrogens is 252 g/mol. The van der Waals surface area contributed by atoms with E-state index in [1.165, 1.54) is 0 Å². The van der Waals surface area contributed by atoms with Crippen molar-refractivity contribution in [2.75, 3.05) is 7.11 Å². The standard InChI is InChI=1S/C16H26N2O2/c1-16(2,3)12-8-6-11(7-9-12)15(19)14-13(20-5)10-17-18(14)4/h10-12H,6-9H2,1-5H3. The van der Waals surface area contributed by atoms with E-state index >= 15 is 0 Å². The fourth-order valence-corrected chi connectivity index (χ4v) is 3.26. The summed E-state index contributed by atoms with van der Waals surface area (Å²) in [7, 11) is 3.39. The van der Waals surface area contributed by atoms with Crippen LogP contribution in [0.1, 0.15) is 56.9 Å². The first-order chi connectivity index (χ1) is 9.34. The van der Waals surface area contributed by atoms with Crippen LogP contribution in [-0.4, -0.2) is 22.7 Å². The predicted molar refractivity (Wildman–Crippen MR) is 79.0 cm³/mol. The summed E-state index contributed by atoms with van der Waals surface area (Å²) in [5.41, 5.74) is 0.963. The molecule has 2 rings (SSSR count). The molecule has 20 heavy (non-hydrogen) atoms. The number of ether oxygens (including phenoxy) is 1. The van der Waals surface area contributed by atoms with Gasteiger partial charge in [0, 0.05) is 13.0 Å². The Morgan fingerprint density at radius 1 is 1.30 bits per heavy atom. The van der Waals surface area contributed by atoms with Crippen LogP contribution < -0.4 is 4.74 Å². The first kappa shape index (κ1) is 15.1. The molecule has 0 bridgehead atoms. The maximum atomic E-state index is 12.7. The molecule has 1 fully saturated rings. The summed E-state index contributed by atoms with van der Waals surface area (Å²) in [5.74, 6) is 1.63. The summed E-state index contributed by atoms with van der Waals surface area (Å²) in [4.78, 5) is 12.7. The number of hydrogen-bond acceptors (Lipinski definition) is 3. The van der Waals surface area contributed by atoms with Crippen molar-refractivity contribution in [1.29, 1.82) is 0 Å². The first-order valence-corrected chi connectivity index (χ1v) is 7.44. The van der Waals surface area contributed by atoms with Gasteiger partial charge in [-0.05, 0) is 37.0 Å². The Bertz CT molecular complexity index is 477. The predicted octanol–water partition coefficient (Wildman–Crippen LogP) is 3.46. The van der Waals surface area contributed by atoms with Crippen LogP contribution in [0.4, 0.5) is 0 Å². The lowest BCUT2D eigenvalue weighted by atomic mass is 9.69. The molecule has 1 heterocycles. The summed E-state index contributed by atoms with van der Waals surface area (Å²) in [6.45, 7) is 6.89. The zero-order valence-corrected chi connectivity index (χ0v) is 13.3. The van der Waals surface area contributed by atoms with Crippen molar-refractivity contribution >= 4 is 5.78 Å². The molecular formula is C16H26N2O2. The number of aryl methyl sites for hydroxylation is 1. The topological polar surface area (TPSA) is 44.1 Å². The van der Waals surface area contributed by atoms with E-state index in [9.17, 15) is 4.79 Å². The van der Waals surface area contributed by atoms with Crippen LogP contribution in [0.15, 0.2) is 6.20 Å². The van der Waals surface area contributed by atoms with Gasteiger partial charge in [0.05, 0.1) is 13.3 Å². The molecule has 4 heteroatoms. The molecule has 1 saturated carbocycles. The number of carbonyl (C=O) groups excluding carboxylic acids is 1. The Morgan fingerprint density at radius 3 is 2.40 bits per heavy atom. The monoisotopic (exact) mass is 278 g/mol. The van der Waals surface area contributed by atoms with Crippen molar-refractivity contribution in [3.63, 3.8) is 0 Å². The van der Waals surface area contributed by atoms with Crippen molar-refractivity contribution in [3.8, 4) is 5.75 Å². The van der Waals surface area contributed by atoms with Crippen LogP contribution in [0, 0.1) is 17.3 Å². The van der Waals surface area contributed by atoms with Gasteiger partial charge in [0.15, 0.2) is 11.5 Å². The lowest BCUT2D eigenvalue weighted by Crippen LogP contribution is -2.29. The van der Waals surface area contributed by atoms with Crippen LogP contribution >= 0.6 is 0 Å². The number of nitrogens with zero attached hydrogens (tertiary/aromatic N) is 2. The number of carbonyl (C=O) groups is 1. The maximum Gasteiger partial charge on any atom is 0.187 e. The van der Waals surface area contributed by atoms with Crippen molar-refractivity contribution in [3.05, 3.63) is 11.9 Å². The number of hydrogen-bond donors (Lipinski definition) is 0. The molecule has 0 spiro atoms. The van der Waals surface area contributed by atoms with Crippen LogP contribution in [0.25, 0.3) is 0 Å². The highest BCUT2D eigenvalue weighted by molar-refractivity contribution is 5.98. The SMILES string of the molecule is COc1cnn(C)c1C(=O)C1CCC(C(C)(C)C)CC1. The number of rotatable bonds is 3. The van der Waals surface area contributed by atoms with Gasteiger partial charge in [-0.1, -0.05) is 20.8 Å². The second-order valence-corrected chi connectivity index (χ2v) is 6.96. The average molecular weight is 278 g/mol. The van der Waals surface area contributed by atoms with Crippen molar-refractivity contribution in [2.45, 2.75) is 46.5 Å². The van der Waals surface area contributed by atoms with Crippen LogP contribution in [0.2, 0.25) is 0 Å². The number of Topliss-reactive ketones (excluding diaryl/α,β-unsaturated/α-hetero) is 1. The lowest BCUT2D eigenvalue weighted by Gasteiger charge is -2.36. The molecule has 1 aliphatic carbocycles. The van der Waals surface area contributed by atoms with Gasteiger partial charge in [0.1, 0.15) is 5.69 Å². The number of ketones is 1. The molecule has 0 radical (unpaired) electrons. The summed E-state index contributed by atoms with van der Waals surface area (Å²) in [6.07, 6.45) is 5.86. The Labute approximate surface area is 121 Å². The minimum Gasteiger partial charge on any atom is -0.493 e. The van der Waals surface area contributed by atoms with E-state index in [0.717, 1.165) is 31.6 Å². The Balaban J connectivity index is 2.07. The highest BCUT2D eigenvalue weighted by atomic mass is 16.5. The average Bonchev–Trinajstić information content (AvgIpc) is 2.78. The van der Waals surface area contributed by atoms with Gasteiger partial charge in [0.2, 0.25) is 0 Å². The van der Waals surface area contributed by atoms with Gasteiger partial charge in [-0.2, -0.15) is 5.10 Å². The van der Waals surface area contributed by atoms with Gasteiger partial charge in [0.25, 0.3) is 0 Å². The molecule has 0 unspecified atom stereocenters. The largest absolute Gasteiger partial charge is 0.493 e. The van der Waals surface area contributed by atoms with E-state index < -0.39 is 0 Å². The van der Waals surface area contributed by atoms with E-state index in [1.807, 2.05) is 0 Å². The third-order valence-electron chi connectivity index (χ3n) is 4.68. The zero-order valence-electron chi connectivity index (χ0n) is 13.3. The molecule has 4 nitrogen and oxygen atoms in total. The smallest absolute Gasteiger partial charge is 0.187 e. The minimum atomic E-state index is 0.123. The highest BCUT2D eigenvalue weighted by Gasteiger charge is 2.34. The van der Waals surface area contributed by atoms with Gasteiger partial charge in [-0.3, -0.25) is 9.48 Å². The van der Waals surface area contributed by atoms with Crippen LogP contribution in [0.5, 0.6) is 5.75 Å². The van der Waals surface area contributed by atoms with Gasteiger partial charge < -0.3 is 4.74 Å². The molecule has 1 aromatic heterocycles. The fourth-order valence-electron chi connectivity index (χ4n) is 3.26.